The standard InChI is InChI=1S/C13H12N2O2/c14-12-7-6-11(9-13(12)15(16)17)8-10-4-2-1-3-5-10/h1-8H,9,14H2. The number of hydrogen-bond acceptors (Lipinski definition) is 3. The topological polar surface area (TPSA) is 69.2 Å². The van der Waals surface area contributed by atoms with Crippen LogP contribution < -0.4 is 5.73 Å². The minimum Gasteiger partial charge on any atom is -0.393 e. The highest BCUT2D eigenvalue weighted by Crippen LogP contribution is 2.23. The lowest BCUT2D eigenvalue weighted by molar-refractivity contribution is -0.428. The van der Waals surface area contributed by atoms with Crippen LogP contribution in [0, 0.1) is 10.1 Å². The fourth-order valence-electron chi connectivity index (χ4n) is 1.68. The summed E-state index contributed by atoms with van der Waals surface area (Å²) in [7, 11) is 0. The summed E-state index contributed by atoms with van der Waals surface area (Å²) in [5.74, 6) is 0. The van der Waals surface area contributed by atoms with Crippen molar-refractivity contribution in [1.82, 2.24) is 0 Å². The fourth-order valence-corrected chi connectivity index (χ4v) is 1.68. The summed E-state index contributed by atoms with van der Waals surface area (Å²) in [6.45, 7) is 0. The summed E-state index contributed by atoms with van der Waals surface area (Å²) in [6, 6.07) is 9.69. The SMILES string of the molecule is NC1=C([N+](=O)[O-])CC(=Cc2ccccc2)C=C1. The maximum absolute atomic E-state index is 10.8. The van der Waals surface area contributed by atoms with Crippen LogP contribution in [0.4, 0.5) is 0 Å². The zero-order valence-electron chi connectivity index (χ0n) is 9.17. The highest BCUT2D eigenvalue weighted by atomic mass is 16.6. The Labute approximate surface area is 98.9 Å². The Morgan fingerprint density at radius 2 is 1.94 bits per heavy atom. The second kappa shape index (κ2) is 4.65. The van der Waals surface area contributed by atoms with Crippen LogP contribution in [0.5, 0.6) is 0 Å². The number of nitrogens with two attached hydrogens (primary N) is 1. The van der Waals surface area contributed by atoms with Crippen molar-refractivity contribution >= 4 is 6.08 Å². The van der Waals surface area contributed by atoms with E-state index in [1.54, 1.807) is 6.08 Å². The molecule has 0 atom stereocenters. The summed E-state index contributed by atoms with van der Waals surface area (Å²) in [6.07, 6.45) is 5.59. The van der Waals surface area contributed by atoms with Crippen molar-refractivity contribution in [1.29, 1.82) is 0 Å². The van der Waals surface area contributed by atoms with Crippen molar-refractivity contribution in [2.75, 3.05) is 0 Å². The molecule has 4 heteroatoms. The highest BCUT2D eigenvalue weighted by molar-refractivity contribution is 5.58. The van der Waals surface area contributed by atoms with Gasteiger partial charge in [-0.3, -0.25) is 10.1 Å². The van der Waals surface area contributed by atoms with E-state index >= 15 is 0 Å². The van der Waals surface area contributed by atoms with Crippen LogP contribution in [0.3, 0.4) is 0 Å². The van der Waals surface area contributed by atoms with Crippen molar-refractivity contribution in [2.45, 2.75) is 6.42 Å². The van der Waals surface area contributed by atoms with Crippen molar-refractivity contribution in [3.05, 3.63) is 75.1 Å². The van der Waals surface area contributed by atoms with Gasteiger partial charge in [-0.15, -0.1) is 0 Å². The lowest BCUT2D eigenvalue weighted by Crippen LogP contribution is -2.11. The molecule has 0 aromatic heterocycles. The first-order valence-corrected chi connectivity index (χ1v) is 5.23. The monoisotopic (exact) mass is 228 g/mol. The fraction of sp³-hybridized carbons (Fsp3) is 0.0769. The Kier molecular flexibility index (Phi) is 3.05. The molecule has 0 unspecified atom stereocenters. The Hall–Kier alpha value is -2.36. The number of rotatable bonds is 2. The first-order valence-electron chi connectivity index (χ1n) is 5.23. The molecule has 1 aliphatic carbocycles. The molecule has 0 amide bonds. The smallest absolute Gasteiger partial charge is 0.273 e. The molecule has 1 aromatic rings. The summed E-state index contributed by atoms with van der Waals surface area (Å²) in [5, 5.41) is 10.8. The Balaban J connectivity index is 2.26. The molecule has 0 saturated heterocycles. The molecule has 0 saturated carbocycles. The van der Waals surface area contributed by atoms with Gasteiger partial charge >= 0.3 is 0 Å². The zero-order valence-corrected chi connectivity index (χ0v) is 9.17. The molecule has 0 heterocycles. The quantitative estimate of drug-likeness (QED) is 0.624. The predicted molar refractivity (Wildman–Crippen MR) is 66.4 cm³/mol. The van der Waals surface area contributed by atoms with E-state index in [0.717, 1.165) is 11.1 Å². The van der Waals surface area contributed by atoms with Gasteiger partial charge in [0.05, 0.1) is 11.3 Å². The van der Waals surface area contributed by atoms with Crippen LogP contribution in [0.25, 0.3) is 6.08 Å². The van der Waals surface area contributed by atoms with Gasteiger partial charge < -0.3 is 5.73 Å². The van der Waals surface area contributed by atoms with E-state index in [9.17, 15) is 10.1 Å². The molecular formula is C13H12N2O2. The summed E-state index contributed by atoms with van der Waals surface area (Å²) in [4.78, 5) is 10.4. The van der Waals surface area contributed by atoms with E-state index in [1.165, 1.54) is 0 Å². The minimum absolute atomic E-state index is 0.0645. The minimum atomic E-state index is -0.419. The van der Waals surface area contributed by atoms with Crippen LogP contribution in [-0.4, -0.2) is 4.92 Å². The third kappa shape index (κ3) is 2.60. The van der Waals surface area contributed by atoms with Gasteiger partial charge in [-0.25, -0.2) is 0 Å². The lowest BCUT2D eigenvalue weighted by Gasteiger charge is -2.08. The average molecular weight is 228 g/mol. The number of benzene rings is 1. The largest absolute Gasteiger partial charge is 0.393 e. The van der Waals surface area contributed by atoms with Crippen LogP contribution in [0.15, 0.2) is 59.5 Å². The molecule has 1 aromatic carbocycles. The summed E-state index contributed by atoms with van der Waals surface area (Å²) >= 11 is 0. The van der Waals surface area contributed by atoms with Gasteiger partial charge in [-0.05, 0) is 17.2 Å². The molecular weight excluding hydrogens is 216 g/mol. The third-order valence-electron chi connectivity index (χ3n) is 2.55. The van der Waals surface area contributed by atoms with Crippen LogP contribution in [-0.2, 0) is 0 Å². The predicted octanol–water partition coefficient (Wildman–Crippen LogP) is 2.48. The second-order valence-corrected chi connectivity index (χ2v) is 3.80. The number of allylic oxidation sites excluding steroid dienone is 3. The number of hydrogen-bond donors (Lipinski definition) is 1. The average Bonchev–Trinajstić information content (AvgIpc) is 2.32. The maximum atomic E-state index is 10.8. The van der Waals surface area contributed by atoms with E-state index < -0.39 is 4.92 Å². The van der Waals surface area contributed by atoms with Crippen LogP contribution in [0.2, 0.25) is 0 Å². The Bertz CT molecular complexity index is 528. The summed E-state index contributed by atoms with van der Waals surface area (Å²) in [5.41, 5.74) is 7.77. The van der Waals surface area contributed by atoms with Crippen LogP contribution >= 0.6 is 0 Å². The van der Waals surface area contributed by atoms with E-state index in [-0.39, 0.29) is 17.8 Å². The highest BCUT2D eigenvalue weighted by Gasteiger charge is 2.19. The van der Waals surface area contributed by atoms with Crippen molar-refractivity contribution in [3.8, 4) is 0 Å². The Morgan fingerprint density at radius 1 is 1.24 bits per heavy atom. The van der Waals surface area contributed by atoms with E-state index in [4.69, 9.17) is 5.73 Å². The molecule has 0 aliphatic heterocycles. The number of nitrogens with zero attached hydrogens (tertiary/aromatic N) is 1. The van der Waals surface area contributed by atoms with E-state index in [2.05, 4.69) is 0 Å². The molecule has 1 aliphatic rings. The molecule has 86 valence electrons. The molecule has 0 spiro atoms. The molecule has 0 radical (unpaired) electrons. The third-order valence-corrected chi connectivity index (χ3v) is 2.55. The maximum Gasteiger partial charge on any atom is 0.273 e. The molecule has 2 rings (SSSR count). The van der Waals surface area contributed by atoms with Gasteiger partial charge in [-0.1, -0.05) is 42.5 Å². The van der Waals surface area contributed by atoms with Gasteiger partial charge in [-0.2, -0.15) is 0 Å². The lowest BCUT2D eigenvalue weighted by atomic mass is 10.0. The van der Waals surface area contributed by atoms with E-state index in [0.29, 0.717) is 0 Å². The molecule has 2 N–H and O–H groups in total. The molecule has 0 bridgehead atoms. The van der Waals surface area contributed by atoms with Gasteiger partial charge in [0.15, 0.2) is 0 Å². The molecule has 4 nitrogen and oxygen atoms in total. The second-order valence-electron chi connectivity index (χ2n) is 3.80. The van der Waals surface area contributed by atoms with Gasteiger partial charge in [0, 0.05) is 0 Å². The van der Waals surface area contributed by atoms with Crippen molar-refractivity contribution in [2.24, 2.45) is 5.73 Å². The van der Waals surface area contributed by atoms with E-state index in [1.807, 2.05) is 42.5 Å². The first kappa shape index (κ1) is 11.1. The number of nitro groups is 1. The van der Waals surface area contributed by atoms with Gasteiger partial charge in [0.25, 0.3) is 5.70 Å². The van der Waals surface area contributed by atoms with Gasteiger partial charge in [0.2, 0.25) is 0 Å². The molecule has 0 fully saturated rings. The van der Waals surface area contributed by atoms with Crippen molar-refractivity contribution < 1.29 is 4.92 Å². The molecule has 17 heavy (non-hydrogen) atoms. The normalized spacial score (nSPS) is 17.5. The Morgan fingerprint density at radius 3 is 2.59 bits per heavy atom. The van der Waals surface area contributed by atoms with Crippen molar-refractivity contribution in [3.63, 3.8) is 0 Å². The summed E-state index contributed by atoms with van der Waals surface area (Å²) < 4.78 is 0. The first-order chi connectivity index (χ1) is 8.16. The van der Waals surface area contributed by atoms with Crippen LogP contribution in [0.1, 0.15) is 12.0 Å². The van der Waals surface area contributed by atoms with Gasteiger partial charge in [0.1, 0.15) is 5.70 Å². The zero-order chi connectivity index (χ0) is 12.3.